The Morgan fingerprint density at radius 2 is 2.06 bits per heavy atom. The highest BCUT2D eigenvalue weighted by Gasteiger charge is 2.23. The van der Waals surface area contributed by atoms with E-state index in [1.54, 1.807) is 12.1 Å². The van der Waals surface area contributed by atoms with Gasteiger partial charge in [-0.15, -0.1) is 0 Å². The van der Waals surface area contributed by atoms with Crippen LogP contribution < -0.4 is 10.1 Å². The van der Waals surface area contributed by atoms with Crippen LogP contribution in [0, 0.1) is 5.95 Å². The standard InChI is InChI=1S/C13H11FN2O/c14-12-6-3-7-13(16-12)15-10-8-17-11-5-2-1-4-9(10)11/h1-7,10H,8H2,(H,15,16). The van der Waals surface area contributed by atoms with Crippen LogP contribution >= 0.6 is 0 Å². The number of fused-ring (bicyclic) bond motifs is 1. The van der Waals surface area contributed by atoms with Gasteiger partial charge in [0.2, 0.25) is 5.95 Å². The highest BCUT2D eigenvalue weighted by Crippen LogP contribution is 2.33. The van der Waals surface area contributed by atoms with E-state index >= 15 is 0 Å². The normalized spacial score (nSPS) is 17.4. The number of para-hydroxylation sites is 1. The van der Waals surface area contributed by atoms with E-state index in [-0.39, 0.29) is 6.04 Å². The third kappa shape index (κ3) is 1.93. The zero-order valence-corrected chi connectivity index (χ0v) is 9.06. The number of halogens is 1. The lowest BCUT2D eigenvalue weighted by Crippen LogP contribution is -2.13. The maximum absolute atomic E-state index is 13.0. The van der Waals surface area contributed by atoms with Crippen LogP contribution in [0.1, 0.15) is 11.6 Å². The summed E-state index contributed by atoms with van der Waals surface area (Å²) >= 11 is 0. The van der Waals surface area contributed by atoms with Crippen molar-refractivity contribution in [1.82, 2.24) is 4.98 Å². The number of anilines is 1. The van der Waals surface area contributed by atoms with Crippen LogP contribution in [-0.2, 0) is 0 Å². The van der Waals surface area contributed by atoms with Gasteiger partial charge in [0.05, 0.1) is 6.04 Å². The van der Waals surface area contributed by atoms with Gasteiger partial charge in [0.1, 0.15) is 18.2 Å². The van der Waals surface area contributed by atoms with Crippen LogP contribution in [0.2, 0.25) is 0 Å². The molecule has 0 radical (unpaired) electrons. The molecule has 17 heavy (non-hydrogen) atoms. The van der Waals surface area contributed by atoms with Crippen LogP contribution in [0.25, 0.3) is 0 Å². The van der Waals surface area contributed by atoms with Crippen molar-refractivity contribution in [2.24, 2.45) is 0 Å². The predicted octanol–water partition coefficient (Wildman–Crippen LogP) is 2.77. The van der Waals surface area contributed by atoms with Crippen molar-refractivity contribution in [2.45, 2.75) is 6.04 Å². The van der Waals surface area contributed by atoms with Crippen LogP contribution in [-0.4, -0.2) is 11.6 Å². The molecule has 0 saturated carbocycles. The first-order chi connectivity index (χ1) is 8.33. The van der Waals surface area contributed by atoms with Gasteiger partial charge in [-0.2, -0.15) is 4.39 Å². The fourth-order valence-corrected chi connectivity index (χ4v) is 1.95. The number of pyridine rings is 1. The highest BCUT2D eigenvalue weighted by molar-refractivity contribution is 5.45. The molecular weight excluding hydrogens is 219 g/mol. The first-order valence-electron chi connectivity index (χ1n) is 5.44. The number of aromatic nitrogens is 1. The first kappa shape index (κ1) is 10.1. The Morgan fingerprint density at radius 3 is 2.94 bits per heavy atom. The summed E-state index contributed by atoms with van der Waals surface area (Å²) in [4.78, 5) is 3.78. The summed E-state index contributed by atoms with van der Waals surface area (Å²) < 4.78 is 18.5. The molecule has 0 aliphatic carbocycles. The molecule has 4 heteroatoms. The van der Waals surface area contributed by atoms with Gasteiger partial charge in [-0.1, -0.05) is 24.3 Å². The van der Waals surface area contributed by atoms with E-state index in [2.05, 4.69) is 10.3 Å². The molecule has 2 aromatic rings. The van der Waals surface area contributed by atoms with Crippen LogP contribution in [0.3, 0.4) is 0 Å². The zero-order valence-electron chi connectivity index (χ0n) is 9.06. The van der Waals surface area contributed by atoms with Gasteiger partial charge in [-0.05, 0) is 18.2 Å². The Labute approximate surface area is 98.3 Å². The Bertz CT molecular complexity index is 544. The van der Waals surface area contributed by atoms with Crippen molar-refractivity contribution in [3.63, 3.8) is 0 Å². The topological polar surface area (TPSA) is 34.1 Å². The second kappa shape index (κ2) is 4.05. The van der Waals surface area contributed by atoms with E-state index in [4.69, 9.17) is 4.74 Å². The minimum Gasteiger partial charge on any atom is -0.491 e. The van der Waals surface area contributed by atoms with Crippen molar-refractivity contribution in [2.75, 3.05) is 11.9 Å². The molecule has 1 aliphatic heterocycles. The molecule has 3 rings (SSSR count). The average molecular weight is 230 g/mol. The van der Waals surface area contributed by atoms with Gasteiger partial charge in [0.25, 0.3) is 0 Å². The SMILES string of the molecule is Fc1cccc(NC2COc3ccccc32)n1. The molecule has 1 unspecified atom stereocenters. The highest BCUT2D eigenvalue weighted by atomic mass is 19.1. The van der Waals surface area contributed by atoms with Crippen LogP contribution in [0.15, 0.2) is 42.5 Å². The third-order valence-electron chi connectivity index (χ3n) is 2.74. The molecule has 1 aliphatic rings. The molecule has 86 valence electrons. The van der Waals surface area contributed by atoms with Crippen molar-refractivity contribution in [3.8, 4) is 5.75 Å². The maximum atomic E-state index is 13.0. The van der Waals surface area contributed by atoms with Crippen LogP contribution in [0.5, 0.6) is 5.75 Å². The first-order valence-corrected chi connectivity index (χ1v) is 5.44. The molecule has 0 bridgehead atoms. The minimum absolute atomic E-state index is 0.0282. The average Bonchev–Trinajstić information content (AvgIpc) is 2.73. The Morgan fingerprint density at radius 1 is 1.18 bits per heavy atom. The number of nitrogens with one attached hydrogen (secondary N) is 1. The number of rotatable bonds is 2. The quantitative estimate of drug-likeness (QED) is 0.805. The lowest BCUT2D eigenvalue weighted by molar-refractivity contribution is 0.339. The van der Waals surface area contributed by atoms with E-state index in [1.165, 1.54) is 6.07 Å². The molecule has 3 nitrogen and oxygen atoms in total. The molecule has 0 saturated heterocycles. The Kier molecular flexibility index (Phi) is 2.40. The molecule has 2 heterocycles. The number of hydrogen-bond donors (Lipinski definition) is 1. The van der Waals surface area contributed by atoms with E-state index in [1.807, 2.05) is 24.3 Å². The second-order valence-corrected chi connectivity index (χ2v) is 3.89. The monoisotopic (exact) mass is 230 g/mol. The van der Waals surface area contributed by atoms with Gasteiger partial charge < -0.3 is 10.1 Å². The largest absolute Gasteiger partial charge is 0.491 e. The Hall–Kier alpha value is -2.10. The van der Waals surface area contributed by atoms with Crippen molar-refractivity contribution >= 4 is 5.82 Å². The molecule has 1 atom stereocenters. The summed E-state index contributed by atoms with van der Waals surface area (Å²) in [5.41, 5.74) is 1.08. The van der Waals surface area contributed by atoms with Gasteiger partial charge in [-0.3, -0.25) is 0 Å². The summed E-state index contributed by atoms with van der Waals surface area (Å²) in [7, 11) is 0. The molecule has 1 aromatic heterocycles. The van der Waals surface area contributed by atoms with E-state index in [9.17, 15) is 4.39 Å². The lowest BCUT2D eigenvalue weighted by Gasteiger charge is -2.11. The molecule has 0 fully saturated rings. The van der Waals surface area contributed by atoms with Crippen molar-refractivity contribution in [3.05, 3.63) is 54.0 Å². The van der Waals surface area contributed by atoms with Crippen molar-refractivity contribution in [1.29, 1.82) is 0 Å². The number of benzene rings is 1. The Balaban J connectivity index is 1.84. The van der Waals surface area contributed by atoms with Crippen molar-refractivity contribution < 1.29 is 9.13 Å². The fourth-order valence-electron chi connectivity index (χ4n) is 1.95. The second-order valence-electron chi connectivity index (χ2n) is 3.89. The smallest absolute Gasteiger partial charge is 0.214 e. The minimum atomic E-state index is -0.484. The van der Waals surface area contributed by atoms with E-state index < -0.39 is 5.95 Å². The van der Waals surface area contributed by atoms with E-state index in [0.717, 1.165) is 11.3 Å². The van der Waals surface area contributed by atoms with Gasteiger partial charge in [0, 0.05) is 5.56 Å². The number of hydrogen-bond acceptors (Lipinski definition) is 3. The molecule has 0 amide bonds. The lowest BCUT2D eigenvalue weighted by atomic mass is 10.1. The molecule has 1 N–H and O–H groups in total. The predicted molar refractivity (Wildman–Crippen MR) is 62.5 cm³/mol. The third-order valence-corrected chi connectivity index (χ3v) is 2.74. The molecular formula is C13H11FN2O. The summed E-state index contributed by atoms with van der Waals surface area (Å²) in [6.07, 6.45) is 0. The van der Waals surface area contributed by atoms with Gasteiger partial charge in [0.15, 0.2) is 0 Å². The van der Waals surface area contributed by atoms with Gasteiger partial charge >= 0.3 is 0 Å². The summed E-state index contributed by atoms with van der Waals surface area (Å²) in [6.45, 7) is 0.539. The van der Waals surface area contributed by atoms with Gasteiger partial charge in [-0.25, -0.2) is 4.98 Å². The summed E-state index contributed by atoms with van der Waals surface area (Å²) in [6, 6.07) is 12.5. The van der Waals surface area contributed by atoms with Crippen LogP contribution in [0.4, 0.5) is 10.2 Å². The summed E-state index contributed by atoms with van der Waals surface area (Å²) in [5, 5.41) is 3.16. The van der Waals surface area contributed by atoms with E-state index in [0.29, 0.717) is 12.4 Å². The fraction of sp³-hybridized carbons (Fsp3) is 0.154. The summed E-state index contributed by atoms with van der Waals surface area (Å²) in [5.74, 6) is 0.916. The zero-order chi connectivity index (χ0) is 11.7. The number of ether oxygens (including phenoxy) is 1. The maximum Gasteiger partial charge on any atom is 0.214 e. The molecule has 1 aromatic carbocycles. The number of nitrogens with zero attached hydrogens (tertiary/aromatic N) is 1. The molecule has 0 spiro atoms.